The molecule has 10 heteroatoms. The molecular weight excluding hydrogens is 556 g/mol. The first kappa shape index (κ1) is 32.5. The lowest BCUT2D eigenvalue weighted by Crippen LogP contribution is -2.12. The van der Waals surface area contributed by atoms with Gasteiger partial charge in [0.2, 0.25) is 11.2 Å². The number of allylic oxidation sites excluding steroid dienone is 2. The Morgan fingerprint density at radius 1 is 0.930 bits per heavy atom. The van der Waals surface area contributed by atoms with E-state index in [1.807, 2.05) is 19.9 Å². The molecule has 0 aliphatic rings. The number of fused-ring (bicyclic) bond motifs is 1. The van der Waals surface area contributed by atoms with Gasteiger partial charge in [0, 0.05) is 29.3 Å². The molecular formula is C33H36O10. The predicted molar refractivity (Wildman–Crippen MR) is 162 cm³/mol. The zero-order chi connectivity index (χ0) is 31.4. The third-order valence-corrected chi connectivity index (χ3v) is 5.97. The number of phenols is 1. The number of hydrogen-bond acceptors (Lipinski definition) is 10. The Morgan fingerprint density at radius 2 is 1.53 bits per heavy atom. The fourth-order valence-corrected chi connectivity index (χ4v) is 3.99. The number of hydrogen-bond donors (Lipinski definition) is 1. The van der Waals surface area contributed by atoms with Crippen LogP contribution in [0.25, 0.3) is 22.3 Å². The van der Waals surface area contributed by atoms with Gasteiger partial charge >= 0.3 is 11.9 Å². The summed E-state index contributed by atoms with van der Waals surface area (Å²) in [5.41, 5.74) is 1.55. The van der Waals surface area contributed by atoms with E-state index < -0.39 is 17.4 Å². The summed E-state index contributed by atoms with van der Waals surface area (Å²) in [6.45, 7) is 7.59. The maximum absolute atomic E-state index is 13.9. The summed E-state index contributed by atoms with van der Waals surface area (Å²) in [7, 11) is 1.54. The van der Waals surface area contributed by atoms with Gasteiger partial charge in [0.05, 0.1) is 20.3 Å². The van der Waals surface area contributed by atoms with Crippen molar-refractivity contribution in [3.63, 3.8) is 0 Å². The first-order valence-electron chi connectivity index (χ1n) is 13.8. The summed E-state index contributed by atoms with van der Waals surface area (Å²) in [6.07, 6.45) is 7.62. The van der Waals surface area contributed by atoms with Crippen LogP contribution in [0.5, 0.6) is 23.0 Å². The number of esters is 2. The summed E-state index contributed by atoms with van der Waals surface area (Å²) in [6, 6.07) is 8.17. The monoisotopic (exact) mass is 592 g/mol. The van der Waals surface area contributed by atoms with E-state index in [0.29, 0.717) is 23.3 Å². The molecule has 1 N–H and O–H groups in total. The quantitative estimate of drug-likeness (QED) is 0.142. The van der Waals surface area contributed by atoms with E-state index in [1.54, 1.807) is 38.1 Å². The van der Waals surface area contributed by atoms with Crippen LogP contribution in [0, 0.1) is 0 Å². The van der Waals surface area contributed by atoms with Gasteiger partial charge in [-0.3, -0.25) is 4.79 Å². The number of methoxy groups -OCH3 is 1. The number of carbonyl (C=O) groups is 2. The normalized spacial score (nSPS) is 11.1. The molecule has 2 aromatic carbocycles. The first-order chi connectivity index (χ1) is 20.7. The van der Waals surface area contributed by atoms with Gasteiger partial charge in [0.1, 0.15) is 41.4 Å². The molecule has 10 nitrogen and oxygen atoms in total. The van der Waals surface area contributed by atoms with Crippen LogP contribution >= 0.6 is 0 Å². The molecule has 0 saturated carbocycles. The van der Waals surface area contributed by atoms with Crippen molar-refractivity contribution < 1.29 is 42.8 Å². The molecule has 3 rings (SSSR count). The van der Waals surface area contributed by atoms with Crippen molar-refractivity contribution >= 4 is 22.9 Å². The van der Waals surface area contributed by atoms with Crippen molar-refractivity contribution in [1.29, 1.82) is 0 Å². The Balaban J connectivity index is 2.18. The average molecular weight is 593 g/mol. The first-order valence-corrected chi connectivity index (χ1v) is 13.8. The predicted octanol–water partition coefficient (Wildman–Crippen LogP) is 5.68. The SMILES string of the molecule is CCOC(=O)/C=C/COc1cc(O)c2c(=O)c(OC/C=C/C(=O)OCC)c(-c3ccc(OC)cc3)oc2c1CC=C(C)C. The van der Waals surface area contributed by atoms with Gasteiger partial charge in [0.15, 0.2) is 5.76 Å². The van der Waals surface area contributed by atoms with Gasteiger partial charge in [-0.25, -0.2) is 9.59 Å². The minimum Gasteiger partial charge on any atom is -0.507 e. The van der Waals surface area contributed by atoms with Crippen LogP contribution in [0.3, 0.4) is 0 Å². The van der Waals surface area contributed by atoms with E-state index in [0.717, 1.165) is 5.57 Å². The zero-order valence-corrected chi connectivity index (χ0v) is 24.9. The molecule has 0 atom stereocenters. The molecule has 0 aliphatic carbocycles. The second-order valence-electron chi connectivity index (χ2n) is 9.31. The number of rotatable bonds is 14. The highest BCUT2D eigenvalue weighted by Crippen LogP contribution is 2.40. The highest BCUT2D eigenvalue weighted by atomic mass is 16.5. The molecule has 228 valence electrons. The van der Waals surface area contributed by atoms with Crippen LogP contribution in [0.2, 0.25) is 0 Å². The molecule has 0 radical (unpaired) electrons. The zero-order valence-electron chi connectivity index (χ0n) is 24.9. The van der Waals surface area contributed by atoms with Gasteiger partial charge in [-0.05, 0) is 70.5 Å². The molecule has 0 spiro atoms. The van der Waals surface area contributed by atoms with E-state index in [4.69, 9.17) is 28.1 Å². The molecule has 3 aromatic rings. The molecule has 0 fully saturated rings. The maximum atomic E-state index is 13.9. The molecule has 0 unspecified atom stereocenters. The summed E-state index contributed by atoms with van der Waals surface area (Å²) in [5, 5.41) is 10.9. The molecule has 1 aromatic heterocycles. The minimum atomic E-state index is -0.610. The van der Waals surface area contributed by atoms with Gasteiger partial charge in [-0.1, -0.05) is 11.6 Å². The third-order valence-electron chi connectivity index (χ3n) is 5.97. The van der Waals surface area contributed by atoms with Crippen LogP contribution in [-0.4, -0.2) is 50.6 Å². The van der Waals surface area contributed by atoms with Crippen LogP contribution in [-0.2, 0) is 25.5 Å². The smallest absolute Gasteiger partial charge is 0.330 e. The van der Waals surface area contributed by atoms with Gasteiger partial charge < -0.3 is 33.2 Å². The molecule has 0 amide bonds. The van der Waals surface area contributed by atoms with E-state index in [-0.39, 0.29) is 60.4 Å². The Hall–Kier alpha value is -4.99. The van der Waals surface area contributed by atoms with Crippen molar-refractivity contribution in [1.82, 2.24) is 0 Å². The van der Waals surface area contributed by atoms with Crippen LogP contribution in [0.4, 0.5) is 0 Å². The van der Waals surface area contributed by atoms with E-state index in [9.17, 15) is 19.5 Å². The Labute approximate surface area is 249 Å². The van der Waals surface area contributed by atoms with Crippen LogP contribution in [0.15, 0.2) is 75.5 Å². The van der Waals surface area contributed by atoms with Crippen molar-refractivity contribution in [2.45, 2.75) is 34.1 Å². The summed E-state index contributed by atoms with van der Waals surface area (Å²) < 4.78 is 33.1. The average Bonchev–Trinajstić information content (AvgIpc) is 2.98. The number of phenolic OH excluding ortho intramolecular Hbond substituents is 1. The van der Waals surface area contributed by atoms with Crippen molar-refractivity contribution in [3.8, 4) is 34.3 Å². The summed E-state index contributed by atoms with van der Waals surface area (Å²) >= 11 is 0. The standard InChI is InChI=1S/C33H36O10/c1-6-39-27(35)10-8-18-41-26-20-25(34)29-30(37)33(42-19-9-11-28(36)40-7-2)31(22-13-15-23(38-5)16-14-22)43-32(29)24(26)17-12-21(3)4/h8-16,20,34H,6-7,17-19H2,1-5H3/b10-8+,11-9+. The lowest BCUT2D eigenvalue weighted by molar-refractivity contribution is -0.138. The lowest BCUT2D eigenvalue weighted by atomic mass is 10.0. The lowest BCUT2D eigenvalue weighted by Gasteiger charge is -2.16. The third kappa shape index (κ3) is 8.75. The van der Waals surface area contributed by atoms with Gasteiger partial charge in [-0.15, -0.1) is 0 Å². The van der Waals surface area contributed by atoms with Crippen molar-refractivity contribution in [2.24, 2.45) is 0 Å². The highest BCUT2D eigenvalue weighted by Gasteiger charge is 2.24. The fraction of sp³-hybridized carbons (Fsp3) is 0.303. The Kier molecular flexibility index (Phi) is 12.0. The number of aromatic hydroxyl groups is 1. The topological polar surface area (TPSA) is 131 Å². The second-order valence-corrected chi connectivity index (χ2v) is 9.31. The maximum Gasteiger partial charge on any atom is 0.330 e. The van der Waals surface area contributed by atoms with Crippen molar-refractivity contribution in [2.75, 3.05) is 33.5 Å². The number of carbonyl (C=O) groups excluding carboxylic acids is 2. The van der Waals surface area contributed by atoms with E-state index in [1.165, 1.54) is 37.5 Å². The summed E-state index contributed by atoms with van der Waals surface area (Å²) in [4.78, 5) is 37.2. The minimum absolute atomic E-state index is 0.00481. The summed E-state index contributed by atoms with van der Waals surface area (Å²) in [5.74, 6) is -0.592. The number of benzene rings is 2. The molecule has 43 heavy (non-hydrogen) atoms. The van der Waals surface area contributed by atoms with Gasteiger partial charge in [-0.2, -0.15) is 0 Å². The van der Waals surface area contributed by atoms with Gasteiger partial charge in [0.25, 0.3) is 0 Å². The second kappa shape index (κ2) is 15.9. The largest absolute Gasteiger partial charge is 0.507 e. The van der Waals surface area contributed by atoms with E-state index in [2.05, 4.69) is 0 Å². The molecule has 0 bridgehead atoms. The fourth-order valence-electron chi connectivity index (χ4n) is 3.99. The molecule has 0 saturated heterocycles. The highest BCUT2D eigenvalue weighted by molar-refractivity contribution is 5.91. The van der Waals surface area contributed by atoms with Crippen LogP contribution in [0.1, 0.15) is 33.3 Å². The Bertz CT molecular complexity index is 1570. The van der Waals surface area contributed by atoms with E-state index >= 15 is 0 Å². The van der Waals surface area contributed by atoms with Crippen molar-refractivity contribution in [3.05, 3.63) is 82.1 Å². The molecule has 0 aliphatic heterocycles. The Morgan fingerprint density at radius 3 is 2.09 bits per heavy atom. The van der Waals surface area contributed by atoms with Crippen LogP contribution < -0.4 is 19.6 Å². The number of ether oxygens (including phenoxy) is 5. The molecule has 1 heterocycles.